The molecule has 31 heavy (non-hydrogen) atoms. The van der Waals surface area contributed by atoms with Crippen molar-refractivity contribution in [2.24, 2.45) is 18.9 Å². The van der Waals surface area contributed by atoms with Crippen LogP contribution in [0.5, 0.6) is 0 Å². The normalized spacial score (nSPS) is 17.1. The van der Waals surface area contributed by atoms with Gasteiger partial charge in [0.25, 0.3) is 0 Å². The smallest absolute Gasteiger partial charge is 0.244 e. The van der Waals surface area contributed by atoms with Crippen LogP contribution < -0.4 is 5.32 Å². The van der Waals surface area contributed by atoms with E-state index in [1.165, 1.54) is 9.87 Å². The molecule has 170 valence electrons. The molecule has 2 aromatic rings. The SMILES string of the molecule is CCCc1ccc(C(NC(=O)C2CCN(S(=O)(=O)c3ccn(C)c3)CC2)C(C)C)cc1. The average molecular weight is 446 g/mol. The van der Waals surface area contributed by atoms with E-state index in [4.69, 9.17) is 0 Å². The minimum atomic E-state index is -3.50. The lowest BCUT2D eigenvalue weighted by Crippen LogP contribution is -2.44. The van der Waals surface area contributed by atoms with Crippen molar-refractivity contribution >= 4 is 15.9 Å². The zero-order valence-electron chi connectivity index (χ0n) is 19.0. The molecule has 1 N–H and O–H groups in total. The van der Waals surface area contributed by atoms with Gasteiger partial charge in [-0.25, -0.2) is 8.42 Å². The summed E-state index contributed by atoms with van der Waals surface area (Å²) < 4.78 is 28.9. The fourth-order valence-electron chi connectivity index (χ4n) is 4.22. The Morgan fingerprint density at radius 1 is 1.13 bits per heavy atom. The average Bonchev–Trinajstić information content (AvgIpc) is 3.20. The van der Waals surface area contributed by atoms with Crippen LogP contribution in [-0.2, 0) is 28.3 Å². The van der Waals surface area contributed by atoms with Gasteiger partial charge in [-0.2, -0.15) is 4.31 Å². The molecule has 1 fully saturated rings. The number of amides is 1. The zero-order valence-corrected chi connectivity index (χ0v) is 19.9. The molecule has 2 heterocycles. The molecule has 1 unspecified atom stereocenters. The number of aromatic nitrogens is 1. The quantitative estimate of drug-likeness (QED) is 0.670. The summed E-state index contributed by atoms with van der Waals surface area (Å²) in [6.07, 6.45) is 6.60. The Labute approximate surface area is 186 Å². The highest BCUT2D eigenvalue weighted by Gasteiger charge is 2.33. The molecule has 1 aromatic carbocycles. The molecule has 1 amide bonds. The number of benzene rings is 1. The molecule has 0 spiro atoms. The molecule has 1 aliphatic heterocycles. The molecule has 1 saturated heterocycles. The molecule has 3 rings (SSSR count). The first kappa shape index (κ1) is 23.5. The first-order valence-electron chi connectivity index (χ1n) is 11.2. The topological polar surface area (TPSA) is 71.4 Å². The van der Waals surface area contributed by atoms with Gasteiger partial charge in [-0.05, 0) is 42.4 Å². The Hall–Kier alpha value is -2.12. The number of rotatable bonds is 8. The summed E-state index contributed by atoms with van der Waals surface area (Å²) >= 11 is 0. The van der Waals surface area contributed by atoms with E-state index in [1.54, 1.807) is 30.1 Å². The number of nitrogens with zero attached hydrogens (tertiary/aromatic N) is 2. The van der Waals surface area contributed by atoms with E-state index in [2.05, 4.69) is 50.4 Å². The fourth-order valence-corrected chi connectivity index (χ4v) is 5.75. The van der Waals surface area contributed by atoms with Crippen molar-refractivity contribution in [2.75, 3.05) is 13.1 Å². The van der Waals surface area contributed by atoms with Crippen molar-refractivity contribution in [3.05, 3.63) is 53.9 Å². The highest BCUT2D eigenvalue weighted by atomic mass is 32.2. The van der Waals surface area contributed by atoms with Crippen LogP contribution >= 0.6 is 0 Å². The van der Waals surface area contributed by atoms with E-state index >= 15 is 0 Å². The number of nitrogens with one attached hydrogen (secondary N) is 1. The van der Waals surface area contributed by atoms with Crippen molar-refractivity contribution in [1.29, 1.82) is 0 Å². The van der Waals surface area contributed by atoms with Gasteiger partial charge in [0.15, 0.2) is 0 Å². The van der Waals surface area contributed by atoms with Gasteiger partial charge in [-0.1, -0.05) is 51.5 Å². The highest BCUT2D eigenvalue weighted by molar-refractivity contribution is 7.89. The van der Waals surface area contributed by atoms with E-state index in [1.807, 2.05) is 0 Å². The summed E-state index contributed by atoms with van der Waals surface area (Å²) in [7, 11) is -1.69. The number of hydrogen-bond acceptors (Lipinski definition) is 3. The standard InChI is InChI=1S/C24H35N3O3S/c1-5-6-19-7-9-20(10-8-19)23(18(2)3)25-24(28)21-11-15-27(16-12-21)31(29,30)22-13-14-26(4)17-22/h7-10,13-14,17-18,21,23H,5-6,11-12,15-16H2,1-4H3,(H,25,28). The first-order chi connectivity index (χ1) is 14.7. The monoisotopic (exact) mass is 445 g/mol. The fraction of sp³-hybridized carbons (Fsp3) is 0.542. The predicted octanol–water partition coefficient (Wildman–Crippen LogP) is 3.89. The number of aryl methyl sites for hydroxylation is 2. The molecule has 0 radical (unpaired) electrons. The van der Waals surface area contributed by atoms with Gasteiger partial charge in [0.1, 0.15) is 0 Å². The van der Waals surface area contributed by atoms with E-state index in [-0.39, 0.29) is 23.8 Å². The van der Waals surface area contributed by atoms with Gasteiger partial charge in [0, 0.05) is 38.4 Å². The molecule has 6 nitrogen and oxygen atoms in total. The lowest BCUT2D eigenvalue weighted by molar-refractivity contribution is -0.127. The number of hydrogen-bond donors (Lipinski definition) is 1. The van der Waals surface area contributed by atoms with Gasteiger partial charge in [0.2, 0.25) is 15.9 Å². The zero-order chi connectivity index (χ0) is 22.6. The van der Waals surface area contributed by atoms with Crippen molar-refractivity contribution < 1.29 is 13.2 Å². The molecule has 1 atom stereocenters. The number of piperidine rings is 1. The Balaban J connectivity index is 1.61. The maximum atomic E-state index is 13.0. The Morgan fingerprint density at radius 2 is 1.77 bits per heavy atom. The molecule has 0 aliphatic carbocycles. The maximum Gasteiger partial charge on any atom is 0.244 e. The predicted molar refractivity (Wildman–Crippen MR) is 123 cm³/mol. The molecule has 1 aliphatic rings. The first-order valence-corrected chi connectivity index (χ1v) is 12.7. The summed E-state index contributed by atoms with van der Waals surface area (Å²) in [5.41, 5.74) is 2.43. The molecule has 0 saturated carbocycles. The lowest BCUT2D eigenvalue weighted by atomic mass is 9.92. The molecular weight excluding hydrogens is 410 g/mol. The van der Waals surface area contributed by atoms with Gasteiger partial charge in [0.05, 0.1) is 10.9 Å². The Bertz CT molecular complexity index is 972. The number of carbonyl (C=O) groups excluding carboxylic acids is 1. The van der Waals surface area contributed by atoms with Crippen LogP contribution in [0, 0.1) is 11.8 Å². The molecular formula is C24H35N3O3S. The third-order valence-electron chi connectivity index (χ3n) is 6.11. The maximum absolute atomic E-state index is 13.0. The van der Waals surface area contributed by atoms with Crippen LogP contribution in [-0.4, -0.2) is 36.3 Å². The molecule has 1 aromatic heterocycles. The van der Waals surface area contributed by atoms with Crippen LogP contribution in [0.15, 0.2) is 47.6 Å². The van der Waals surface area contributed by atoms with E-state index in [0.29, 0.717) is 30.8 Å². The van der Waals surface area contributed by atoms with Crippen LogP contribution in [0.4, 0.5) is 0 Å². The summed E-state index contributed by atoms with van der Waals surface area (Å²) in [5, 5.41) is 3.23. The van der Waals surface area contributed by atoms with Crippen LogP contribution in [0.25, 0.3) is 0 Å². The van der Waals surface area contributed by atoms with Crippen LogP contribution in [0.1, 0.15) is 57.2 Å². The number of sulfonamides is 1. The second-order valence-electron chi connectivity index (χ2n) is 8.91. The van der Waals surface area contributed by atoms with Crippen molar-refractivity contribution in [3.8, 4) is 0 Å². The summed E-state index contributed by atoms with van der Waals surface area (Å²) in [4.78, 5) is 13.3. The summed E-state index contributed by atoms with van der Waals surface area (Å²) in [5.74, 6) is 0.121. The molecule has 7 heteroatoms. The van der Waals surface area contributed by atoms with Crippen molar-refractivity contribution in [2.45, 2.75) is 57.4 Å². The van der Waals surface area contributed by atoms with Gasteiger partial charge in [-0.15, -0.1) is 0 Å². The molecule has 0 bridgehead atoms. The third kappa shape index (κ3) is 5.57. The van der Waals surface area contributed by atoms with Gasteiger partial charge < -0.3 is 9.88 Å². The van der Waals surface area contributed by atoms with Crippen LogP contribution in [0.2, 0.25) is 0 Å². The minimum absolute atomic E-state index is 0.0214. The minimum Gasteiger partial charge on any atom is -0.356 e. The Morgan fingerprint density at radius 3 is 2.29 bits per heavy atom. The lowest BCUT2D eigenvalue weighted by Gasteiger charge is -2.32. The Kier molecular flexibility index (Phi) is 7.59. The van der Waals surface area contributed by atoms with Crippen LogP contribution in [0.3, 0.4) is 0 Å². The van der Waals surface area contributed by atoms with E-state index < -0.39 is 10.0 Å². The second-order valence-corrected chi connectivity index (χ2v) is 10.9. The summed E-state index contributed by atoms with van der Waals surface area (Å²) in [6, 6.07) is 10.1. The second kappa shape index (κ2) is 10.0. The third-order valence-corrected chi connectivity index (χ3v) is 7.99. The number of carbonyl (C=O) groups is 1. The summed E-state index contributed by atoms with van der Waals surface area (Å²) in [6.45, 7) is 7.13. The van der Waals surface area contributed by atoms with Crippen molar-refractivity contribution in [3.63, 3.8) is 0 Å². The van der Waals surface area contributed by atoms with Crippen molar-refractivity contribution in [1.82, 2.24) is 14.2 Å². The van der Waals surface area contributed by atoms with E-state index in [0.717, 1.165) is 18.4 Å². The van der Waals surface area contributed by atoms with Gasteiger partial charge >= 0.3 is 0 Å². The van der Waals surface area contributed by atoms with Gasteiger partial charge in [-0.3, -0.25) is 4.79 Å². The highest BCUT2D eigenvalue weighted by Crippen LogP contribution is 2.27. The largest absolute Gasteiger partial charge is 0.356 e. The van der Waals surface area contributed by atoms with E-state index in [9.17, 15) is 13.2 Å².